The van der Waals surface area contributed by atoms with Crippen molar-refractivity contribution in [2.24, 2.45) is 0 Å². The second-order valence-electron chi connectivity index (χ2n) is 4.03. The van der Waals surface area contributed by atoms with E-state index in [9.17, 15) is 0 Å². The van der Waals surface area contributed by atoms with Crippen LogP contribution in [-0.4, -0.2) is 18.1 Å². The summed E-state index contributed by atoms with van der Waals surface area (Å²) in [7, 11) is 0. The summed E-state index contributed by atoms with van der Waals surface area (Å²) in [6.07, 6.45) is 4.00. The Labute approximate surface area is 83.5 Å². The molecule has 1 fully saturated rings. The van der Waals surface area contributed by atoms with E-state index in [4.69, 9.17) is 4.74 Å². The summed E-state index contributed by atoms with van der Waals surface area (Å²) < 4.78 is 5.95. The van der Waals surface area contributed by atoms with Gasteiger partial charge in [-0.3, -0.25) is 4.98 Å². The molecular formula is C11H14N2O. The zero-order chi connectivity index (χ0) is 9.43. The van der Waals surface area contributed by atoms with Gasteiger partial charge in [0, 0.05) is 11.8 Å². The minimum atomic E-state index is -0.0190. The zero-order valence-corrected chi connectivity index (χ0v) is 8.12. The van der Waals surface area contributed by atoms with Crippen molar-refractivity contribution in [3.8, 4) is 0 Å². The van der Waals surface area contributed by atoms with E-state index in [1.54, 1.807) is 0 Å². The second-order valence-corrected chi connectivity index (χ2v) is 4.03. The van der Waals surface area contributed by atoms with Gasteiger partial charge < -0.3 is 10.1 Å². The van der Waals surface area contributed by atoms with Crippen molar-refractivity contribution in [1.82, 2.24) is 10.3 Å². The van der Waals surface area contributed by atoms with Crippen molar-refractivity contribution in [3.63, 3.8) is 0 Å². The maximum atomic E-state index is 5.95. The van der Waals surface area contributed by atoms with E-state index in [1.165, 1.54) is 5.56 Å². The number of hydrogen-bond acceptors (Lipinski definition) is 3. The van der Waals surface area contributed by atoms with Gasteiger partial charge in [0.05, 0.1) is 17.9 Å². The molecule has 14 heavy (non-hydrogen) atoms. The molecule has 3 heterocycles. The average molecular weight is 190 g/mol. The minimum absolute atomic E-state index is 0.0190. The Kier molecular flexibility index (Phi) is 1.82. The smallest absolute Gasteiger partial charge is 0.0979 e. The number of hydrogen-bond donors (Lipinski definition) is 1. The molecule has 0 aromatic carbocycles. The molecule has 0 saturated carbocycles. The van der Waals surface area contributed by atoms with Gasteiger partial charge in [-0.05, 0) is 32.0 Å². The van der Waals surface area contributed by atoms with E-state index in [0.717, 1.165) is 31.6 Å². The third-order valence-corrected chi connectivity index (χ3v) is 3.28. The number of aromatic nitrogens is 1. The van der Waals surface area contributed by atoms with Crippen molar-refractivity contribution in [2.75, 3.05) is 13.1 Å². The van der Waals surface area contributed by atoms with Crippen LogP contribution in [0.1, 0.15) is 24.1 Å². The Morgan fingerprint density at radius 2 is 2.21 bits per heavy atom. The molecule has 0 amide bonds. The summed E-state index contributed by atoms with van der Waals surface area (Å²) in [5.74, 6) is 0. The molecule has 3 heteroatoms. The predicted molar refractivity (Wildman–Crippen MR) is 52.8 cm³/mol. The van der Waals surface area contributed by atoms with Gasteiger partial charge in [-0.25, -0.2) is 0 Å². The van der Waals surface area contributed by atoms with Gasteiger partial charge in [-0.2, -0.15) is 0 Å². The molecule has 74 valence electrons. The summed E-state index contributed by atoms with van der Waals surface area (Å²) >= 11 is 0. The molecular weight excluding hydrogens is 176 g/mol. The van der Waals surface area contributed by atoms with Gasteiger partial charge in [-0.1, -0.05) is 6.07 Å². The topological polar surface area (TPSA) is 34.2 Å². The summed E-state index contributed by atoms with van der Waals surface area (Å²) in [5, 5.41) is 3.37. The molecule has 0 atom stereocenters. The third kappa shape index (κ3) is 1.09. The first-order chi connectivity index (χ1) is 6.91. The molecule has 0 radical (unpaired) electrons. The van der Waals surface area contributed by atoms with Crippen LogP contribution in [0.25, 0.3) is 0 Å². The number of ether oxygens (including phenoxy) is 1. The quantitative estimate of drug-likeness (QED) is 0.667. The monoisotopic (exact) mass is 190 g/mol. The summed E-state index contributed by atoms with van der Waals surface area (Å²) in [6.45, 7) is 2.79. The first-order valence-electron chi connectivity index (χ1n) is 5.20. The van der Waals surface area contributed by atoms with Crippen LogP contribution in [0.3, 0.4) is 0 Å². The normalized spacial score (nSPS) is 23.7. The van der Waals surface area contributed by atoms with E-state index in [0.29, 0.717) is 6.61 Å². The van der Waals surface area contributed by atoms with Crippen LogP contribution in [0.5, 0.6) is 0 Å². The highest BCUT2D eigenvalue weighted by Gasteiger charge is 2.41. The SMILES string of the molecule is c1cnc2c(c1)C1(CCNCC1)OC2. The molecule has 3 rings (SSSR count). The fourth-order valence-corrected chi connectivity index (χ4v) is 2.50. The molecule has 1 spiro atoms. The lowest BCUT2D eigenvalue weighted by Gasteiger charge is -2.33. The van der Waals surface area contributed by atoms with Crippen molar-refractivity contribution >= 4 is 0 Å². The highest BCUT2D eigenvalue weighted by molar-refractivity contribution is 5.30. The van der Waals surface area contributed by atoms with E-state index in [2.05, 4.69) is 16.4 Å². The average Bonchev–Trinajstić information content (AvgIpc) is 2.60. The number of piperidine rings is 1. The van der Waals surface area contributed by atoms with Crippen LogP contribution in [0.15, 0.2) is 18.3 Å². The summed E-state index contributed by atoms with van der Waals surface area (Å²) in [6, 6.07) is 4.18. The highest BCUT2D eigenvalue weighted by Crippen LogP contribution is 2.41. The Bertz CT molecular complexity index is 339. The Morgan fingerprint density at radius 1 is 1.36 bits per heavy atom. The number of fused-ring (bicyclic) bond motifs is 2. The van der Waals surface area contributed by atoms with Crippen LogP contribution >= 0.6 is 0 Å². The number of nitrogens with one attached hydrogen (secondary N) is 1. The maximum absolute atomic E-state index is 5.95. The van der Waals surface area contributed by atoms with Gasteiger partial charge in [-0.15, -0.1) is 0 Å². The van der Waals surface area contributed by atoms with Gasteiger partial charge >= 0.3 is 0 Å². The Balaban J connectivity index is 2.03. The fourth-order valence-electron chi connectivity index (χ4n) is 2.50. The minimum Gasteiger partial charge on any atom is -0.364 e. The third-order valence-electron chi connectivity index (χ3n) is 3.28. The van der Waals surface area contributed by atoms with Crippen LogP contribution in [0.4, 0.5) is 0 Å². The standard InChI is InChI=1S/C11H14N2O/c1-2-9-10(13-5-1)8-14-11(9)3-6-12-7-4-11/h1-2,5,12H,3-4,6-8H2. The predicted octanol–water partition coefficient (Wildman–Crippen LogP) is 1.19. The summed E-state index contributed by atoms with van der Waals surface area (Å²) in [4.78, 5) is 4.36. The largest absolute Gasteiger partial charge is 0.364 e. The van der Waals surface area contributed by atoms with Crippen molar-refractivity contribution < 1.29 is 4.74 Å². The first kappa shape index (κ1) is 8.38. The fraction of sp³-hybridized carbons (Fsp3) is 0.545. The second kappa shape index (κ2) is 3.04. The zero-order valence-electron chi connectivity index (χ0n) is 8.12. The first-order valence-corrected chi connectivity index (χ1v) is 5.20. The van der Waals surface area contributed by atoms with E-state index < -0.39 is 0 Å². The Morgan fingerprint density at radius 3 is 3.07 bits per heavy atom. The molecule has 3 nitrogen and oxygen atoms in total. The molecule has 1 N–H and O–H groups in total. The van der Waals surface area contributed by atoms with Crippen molar-refractivity contribution in [2.45, 2.75) is 25.0 Å². The molecule has 2 aliphatic heterocycles. The molecule has 1 saturated heterocycles. The maximum Gasteiger partial charge on any atom is 0.0979 e. The van der Waals surface area contributed by atoms with Crippen LogP contribution in [0.2, 0.25) is 0 Å². The van der Waals surface area contributed by atoms with Crippen LogP contribution < -0.4 is 5.32 Å². The number of rotatable bonds is 0. The highest BCUT2D eigenvalue weighted by atomic mass is 16.5. The lowest BCUT2D eigenvalue weighted by atomic mass is 9.86. The lowest BCUT2D eigenvalue weighted by molar-refractivity contribution is -0.0593. The van der Waals surface area contributed by atoms with Crippen molar-refractivity contribution in [3.05, 3.63) is 29.6 Å². The molecule has 0 aliphatic carbocycles. The molecule has 0 bridgehead atoms. The van der Waals surface area contributed by atoms with E-state index >= 15 is 0 Å². The van der Waals surface area contributed by atoms with E-state index in [1.807, 2.05) is 12.3 Å². The number of pyridine rings is 1. The van der Waals surface area contributed by atoms with Crippen LogP contribution in [-0.2, 0) is 16.9 Å². The van der Waals surface area contributed by atoms with Crippen molar-refractivity contribution in [1.29, 1.82) is 0 Å². The van der Waals surface area contributed by atoms with Gasteiger partial charge in [0.1, 0.15) is 0 Å². The lowest BCUT2D eigenvalue weighted by Crippen LogP contribution is -2.39. The Hall–Kier alpha value is -0.930. The van der Waals surface area contributed by atoms with Gasteiger partial charge in [0.15, 0.2) is 0 Å². The number of nitrogens with zero attached hydrogens (tertiary/aromatic N) is 1. The molecule has 1 aromatic heterocycles. The molecule has 1 aromatic rings. The van der Waals surface area contributed by atoms with Crippen LogP contribution in [0, 0.1) is 0 Å². The van der Waals surface area contributed by atoms with Gasteiger partial charge in [0.25, 0.3) is 0 Å². The summed E-state index contributed by atoms with van der Waals surface area (Å²) in [5.41, 5.74) is 2.44. The van der Waals surface area contributed by atoms with E-state index in [-0.39, 0.29) is 5.60 Å². The molecule has 2 aliphatic rings. The van der Waals surface area contributed by atoms with Gasteiger partial charge in [0.2, 0.25) is 0 Å². The molecule has 0 unspecified atom stereocenters.